The van der Waals surface area contributed by atoms with Crippen LogP contribution in [0.15, 0.2) is 0 Å². The van der Waals surface area contributed by atoms with E-state index in [2.05, 4.69) is 0 Å². The standard InChI is InChI=1S/C10H21ClO2/c1-2-12-9-10-13-8-6-4-3-5-7-11/h2-10H2,1H3. The van der Waals surface area contributed by atoms with Crippen LogP contribution in [0.25, 0.3) is 0 Å². The van der Waals surface area contributed by atoms with E-state index >= 15 is 0 Å². The zero-order valence-corrected chi connectivity index (χ0v) is 9.31. The molecule has 0 aliphatic rings. The van der Waals surface area contributed by atoms with Crippen molar-refractivity contribution in [2.24, 2.45) is 0 Å². The molecule has 0 fully saturated rings. The van der Waals surface area contributed by atoms with E-state index in [1.54, 1.807) is 0 Å². The van der Waals surface area contributed by atoms with Gasteiger partial charge in [-0.15, -0.1) is 11.6 Å². The lowest BCUT2D eigenvalue weighted by atomic mass is 10.2. The monoisotopic (exact) mass is 208 g/mol. The Morgan fingerprint density at radius 2 is 1.54 bits per heavy atom. The Morgan fingerprint density at radius 1 is 0.846 bits per heavy atom. The molecule has 0 rings (SSSR count). The largest absolute Gasteiger partial charge is 0.379 e. The summed E-state index contributed by atoms with van der Waals surface area (Å²) in [4.78, 5) is 0. The van der Waals surface area contributed by atoms with Crippen LogP contribution in [-0.2, 0) is 9.47 Å². The molecule has 0 radical (unpaired) electrons. The molecule has 13 heavy (non-hydrogen) atoms. The van der Waals surface area contributed by atoms with E-state index < -0.39 is 0 Å². The molecule has 0 atom stereocenters. The fourth-order valence-corrected chi connectivity index (χ4v) is 1.21. The van der Waals surface area contributed by atoms with Crippen LogP contribution in [0.4, 0.5) is 0 Å². The van der Waals surface area contributed by atoms with Gasteiger partial charge in [0.25, 0.3) is 0 Å². The molecule has 0 bridgehead atoms. The lowest BCUT2D eigenvalue weighted by Gasteiger charge is -2.03. The maximum atomic E-state index is 5.55. The predicted molar refractivity (Wildman–Crippen MR) is 56.5 cm³/mol. The summed E-state index contributed by atoms with van der Waals surface area (Å²) in [7, 11) is 0. The Morgan fingerprint density at radius 3 is 2.23 bits per heavy atom. The predicted octanol–water partition coefficient (Wildman–Crippen LogP) is 2.84. The Hall–Kier alpha value is 0.210. The maximum absolute atomic E-state index is 5.55. The summed E-state index contributed by atoms with van der Waals surface area (Å²) in [6, 6.07) is 0. The minimum Gasteiger partial charge on any atom is -0.379 e. The van der Waals surface area contributed by atoms with Gasteiger partial charge >= 0.3 is 0 Å². The van der Waals surface area contributed by atoms with Crippen LogP contribution in [0.3, 0.4) is 0 Å². The summed E-state index contributed by atoms with van der Waals surface area (Å²) in [6.45, 7) is 5.07. The van der Waals surface area contributed by atoms with Gasteiger partial charge in [-0.2, -0.15) is 0 Å². The summed E-state index contributed by atoms with van der Waals surface area (Å²) >= 11 is 5.55. The number of alkyl halides is 1. The van der Waals surface area contributed by atoms with Crippen molar-refractivity contribution in [1.82, 2.24) is 0 Å². The van der Waals surface area contributed by atoms with Crippen molar-refractivity contribution in [3.05, 3.63) is 0 Å². The second-order valence-electron chi connectivity index (χ2n) is 2.91. The number of hydrogen-bond acceptors (Lipinski definition) is 2. The van der Waals surface area contributed by atoms with Gasteiger partial charge in [0.05, 0.1) is 13.2 Å². The van der Waals surface area contributed by atoms with Crippen LogP contribution in [0.1, 0.15) is 32.6 Å². The molecular formula is C10H21ClO2. The molecule has 0 saturated carbocycles. The van der Waals surface area contributed by atoms with Crippen LogP contribution < -0.4 is 0 Å². The third-order valence-electron chi connectivity index (χ3n) is 1.75. The average Bonchev–Trinajstić information content (AvgIpc) is 2.16. The van der Waals surface area contributed by atoms with Gasteiger partial charge in [-0.3, -0.25) is 0 Å². The van der Waals surface area contributed by atoms with Gasteiger partial charge in [0.1, 0.15) is 0 Å². The second-order valence-corrected chi connectivity index (χ2v) is 3.29. The van der Waals surface area contributed by atoms with Gasteiger partial charge in [-0.1, -0.05) is 12.8 Å². The molecule has 0 N–H and O–H groups in total. The van der Waals surface area contributed by atoms with Gasteiger partial charge in [0, 0.05) is 19.1 Å². The average molecular weight is 209 g/mol. The van der Waals surface area contributed by atoms with Crippen molar-refractivity contribution >= 4 is 11.6 Å². The number of ether oxygens (including phenoxy) is 2. The molecule has 0 unspecified atom stereocenters. The Balaban J connectivity index is 2.76. The minimum atomic E-state index is 0.720. The van der Waals surface area contributed by atoms with Crippen molar-refractivity contribution in [2.75, 3.05) is 32.3 Å². The van der Waals surface area contributed by atoms with Crippen molar-refractivity contribution < 1.29 is 9.47 Å². The summed E-state index contributed by atoms with van der Waals surface area (Å²) in [5.74, 6) is 0.783. The third-order valence-corrected chi connectivity index (χ3v) is 2.02. The highest BCUT2D eigenvalue weighted by Gasteiger charge is 1.90. The Labute approximate surface area is 86.6 Å². The van der Waals surface area contributed by atoms with Crippen LogP contribution in [0.5, 0.6) is 0 Å². The fourth-order valence-electron chi connectivity index (χ4n) is 1.02. The van der Waals surface area contributed by atoms with E-state index in [0.29, 0.717) is 0 Å². The zero-order valence-electron chi connectivity index (χ0n) is 8.56. The first kappa shape index (κ1) is 13.2. The topological polar surface area (TPSA) is 18.5 Å². The highest BCUT2D eigenvalue weighted by Crippen LogP contribution is 2.00. The third kappa shape index (κ3) is 12.2. The van der Waals surface area contributed by atoms with E-state index in [4.69, 9.17) is 21.1 Å². The van der Waals surface area contributed by atoms with Crippen LogP contribution >= 0.6 is 11.6 Å². The molecule has 0 aromatic carbocycles. The van der Waals surface area contributed by atoms with E-state index in [0.717, 1.165) is 45.1 Å². The van der Waals surface area contributed by atoms with E-state index in [1.807, 2.05) is 6.92 Å². The zero-order chi connectivity index (χ0) is 9.78. The Kier molecular flexibility index (Phi) is 12.4. The molecule has 0 aromatic rings. The molecule has 0 aromatic heterocycles. The fraction of sp³-hybridized carbons (Fsp3) is 1.00. The molecule has 0 aliphatic heterocycles. The summed E-state index contributed by atoms with van der Waals surface area (Å²) in [5.41, 5.74) is 0. The second kappa shape index (κ2) is 12.2. The summed E-state index contributed by atoms with van der Waals surface area (Å²) in [6.07, 6.45) is 4.71. The normalized spacial score (nSPS) is 10.6. The van der Waals surface area contributed by atoms with Crippen LogP contribution in [0.2, 0.25) is 0 Å². The van der Waals surface area contributed by atoms with Crippen LogP contribution in [0, 0.1) is 0 Å². The quantitative estimate of drug-likeness (QED) is 0.406. The molecule has 3 heteroatoms. The first-order valence-corrected chi connectivity index (χ1v) is 5.66. The van der Waals surface area contributed by atoms with Crippen molar-refractivity contribution in [3.63, 3.8) is 0 Å². The lowest BCUT2D eigenvalue weighted by molar-refractivity contribution is 0.0513. The molecule has 80 valence electrons. The van der Waals surface area contributed by atoms with Gasteiger partial charge in [0.15, 0.2) is 0 Å². The smallest absolute Gasteiger partial charge is 0.0700 e. The first-order valence-electron chi connectivity index (χ1n) is 5.13. The van der Waals surface area contributed by atoms with Gasteiger partial charge in [-0.05, 0) is 19.8 Å². The van der Waals surface area contributed by atoms with Gasteiger partial charge < -0.3 is 9.47 Å². The summed E-state index contributed by atoms with van der Waals surface area (Å²) < 4.78 is 10.5. The molecular weight excluding hydrogens is 188 g/mol. The lowest BCUT2D eigenvalue weighted by Crippen LogP contribution is -2.04. The number of unbranched alkanes of at least 4 members (excludes halogenated alkanes) is 3. The molecule has 0 saturated heterocycles. The molecule has 0 aliphatic carbocycles. The number of halogens is 1. The van der Waals surface area contributed by atoms with Crippen molar-refractivity contribution in [1.29, 1.82) is 0 Å². The highest BCUT2D eigenvalue weighted by molar-refractivity contribution is 6.17. The van der Waals surface area contributed by atoms with Gasteiger partial charge in [0.2, 0.25) is 0 Å². The Bertz CT molecular complexity index is 79.0. The van der Waals surface area contributed by atoms with E-state index in [1.165, 1.54) is 12.8 Å². The molecule has 0 amide bonds. The SMILES string of the molecule is CCOCCOCCCCCCCl. The molecule has 0 spiro atoms. The number of rotatable bonds is 10. The molecule has 2 nitrogen and oxygen atoms in total. The number of hydrogen-bond donors (Lipinski definition) is 0. The van der Waals surface area contributed by atoms with Gasteiger partial charge in [-0.25, -0.2) is 0 Å². The van der Waals surface area contributed by atoms with E-state index in [-0.39, 0.29) is 0 Å². The minimum absolute atomic E-state index is 0.720. The summed E-state index contributed by atoms with van der Waals surface area (Å²) in [5, 5.41) is 0. The highest BCUT2D eigenvalue weighted by atomic mass is 35.5. The maximum Gasteiger partial charge on any atom is 0.0700 e. The first-order chi connectivity index (χ1) is 6.41. The van der Waals surface area contributed by atoms with E-state index in [9.17, 15) is 0 Å². The van der Waals surface area contributed by atoms with Crippen LogP contribution in [-0.4, -0.2) is 32.3 Å². The van der Waals surface area contributed by atoms with Crippen molar-refractivity contribution in [2.45, 2.75) is 32.6 Å². The van der Waals surface area contributed by atoms with Crippen molar-refractivity contribution in [3.8, 4) is 0 Å². The molecule has 0 heterocycles.